The quantitative estimate of drug-likeness (QED) is 0.690. The lowest BCUT2D eigenvalue weighted by atomic mass is 9.89. The smallest absolute Gasteiger partial charge is 0.243 e. The van der Waals surface area contributed by atoms with Gasteiger partial charge in [0.1, 0.15) is 0 Å². The Bertz CT molecular complexity index is 682. The fourth-order valence-electron chi connectivity index (χ4n) is 2.41. The van der Waals surface area contributed by atoms with Crippen molar-refractivity contribution in [3.8, 4) is 0 Å². The minimum atomic E-state index is -3.55. The number of hydrogen-bond donors (Lipinski definition) is 1. The van der Waals surface area contributed by atoms with E-state index in [4.69, 9.17) is 0 Å². The molecule has 0 aliphatic rings. The highest BCUT2D eigenvalue weighted by atomic mass is 32.2. The lowest BCUT2D eigenvalue weighted by molar-refractivity contribution is -0.124. The van der Waals surface area contributed by atoms with E-state index in [1.165, 1.54) is 0 Å². The van der Waals surface area contributed by atoms with Gasteiger partial charge in [-0.1, -0.05) is 48.5 Å². The van der Waals surface area contributed by atoms with Gasteiger partial charge in [-0.15, -0.1) is 0 Å². The van der Waals surface area contributed by atoms with E-state index in [2.05, 4.69) is 5.32 Å². The number of benzene rings is 1. The summed E-state index contributed by atoms with van der Waals surface area (Å²) in [7, 11) is -3.55. The standard InChI is InChI=1S/C20H34N2O3S/c1-8-20(6,7)19(23)21-17-9-11-18(12-10-17)26(24,25)22(13-15(2)3)14-16(4)5/h9-12,15-16H,8,13-14H2,1-7H3,(H,21,23). The summed E-state index contributed by atoms with van der Waals surface area (Å²) in [5.74, 6) is 0.425. The first-order valence-electron chi connectivity index (χ1n) is 9.31. The molecule has 0 atom stereocenters. The van der Waals surface area contributed by atoms with Crippen molar-refractivity contribution >= 4 is 21.6 Å². The molecule has 0 unspecified atom stereocenters. The molecule has 0 heterocycles. The summed E-state index contributed by atoms with van der Waals surface area (Å²) in [6.07, 6.45) is 0.727. The number of anilines is 1. The van der Waals surface area contributed by atoms with Crippen LogP contribution in [0.3, 0.4) is 0 Å². The molecule has 1 aromatic rings. The second-order valence-corrected chi connectivity index (χ2v) is 10.3. The van der Waals surface area contributed by atoms with E-state index < -0.39 is 15.4 Å². The molecule has 1 aromatic carbocycles. The lowest BCUT2D eigenvalue weighted by Crippen LogP contribution is -2.37. The summed E-state index contributed by atoms with van der Waals surface area (Å²) in [6, 6.07) is 6.44. The van der Waals surface area contributed by atoms with Crippen molar-refractivity contribution < 1.29 is 13.2 Å². The molecule has 0 saturated heterocycles. The molecular formula is C20H34N2O3S. The fourth-order valence-corrected chi connectivity index (χ4v) is 4.17. The van der Waals surface area contributed by atoms with Crippen LogP contribution >= 0.6 is 0 Å². The maximum Gasteiger partial charge on any atom is 0.243 e. The Balaban J connectivity index is 3.02. The summed E-state index contributed by atoms with van der Waals surface area (Å²) in [6.45, 7) is 14.8. The highest BCUT2D eigenvalue weighted by molar-refractivity contribution is 7.89. The summed E-state index contributed by atoms with van der Waals surface area (Å²) in [4.78, 5) is 12.5. The Labute approximate surface area is 159 Å². The third-order valence-electron chi connectivity index (χ3n) is 4.39. The number of rotatable bonds is 9. The zero-order valence-corrected chi connectivity index (χ0v) is 18.0. The average molecular weight is 383 g/mol. The third-order valence-corrected chi connectivity index (χ3v) is 6.23. The van der Waals surface area contributed by atoms with Crippen LogP contribution in [0.1, 0.15) is 54.9 Å². The molecule has 0 spiro atoms. The van der Waals surface area contributed by atoms with Gasteiger partial charge in [0.2, 0.25) is 15.9 Å². The monoisotopic (exact) mass is 382 g/mol. The summed E-state index contributed by atoms with van der Waals surface area (Å²) < 4.78 is 27.5. The van der Waals surface area contributed by atoms with Gasteiger partial charge in [-0.25, -0.2) is 8.42 Å². The lowest BCUT2D eigenvalue weighted by Gasteiger charge is -2.26. The minimum absolute atomic E-state index is 0.0724. The first kappa shape index (κ1) is 22.6. The molecule has 1 N–H and O–H groups in total. The molecule has 0 radical (unpaired) electrons. The van der Waals surface area contributed by atoms with Crippen LogP contribution in [-0.2, 0) is 14.8 Å². The van der Waals surface area contributed by atoms with Crippen molar-refractivity contribution in [1.29, 1.82) is 0 Å². The van der Waals surface area contributed by atoms with Gasteiger partial charge < -0.3 is 5.32 Å². The number of carbonyl (C=O) groups is 1. The largest absolute Gasteiger partial charge is 0.326 e. The zero-order chi connectivity index (χ0) is 20.1. The van der Waals surface area contributed by atoms with E-state index >= 15 is 0 Å². The molecule has 0 aliphatic heterocycles. The Morgan fingerprint density at radius 3 is 1.88 bits per heavy atom. The van der Waals surface area contributed by atoms with E-state index in [9.17, 15) is 13.2 Å². The minimum Gasteiger partial charge on any atom is -0.326 e. The van der Waals surface area contributed by atoms with Crippen molar-refractivity contribution in [1.82, 2.24) is 4.31 Å². The molecule has 1 rings (SSSR count). The predicted molar refractivity (Wildman–Crippen MR) is 108 cm³/mol. The SMILES string of the molecule is CCC(C)(C)C(=O)Nc1ccc(S(=O)(=O)N(CC(C)C)CC(C)C)cc1. The molecule has 0 fully saturated rings. The Morgan fingerprint density at radius 1 is 1.04 bits per heavy atom. The third kappa shape index (κ3) is 6.09. The van der Waals surface area contributed by atoms with Gasteiger partial charge in [-0.05, 0) is 42.5 Å². The van der Waals surface area contributed by atoms with Gasteiger partial charge in [-0.3, -0.25) is 4.79 Å². The molecule has 0 aromatic heterocycles. The van der Waals surface area contributed by atoms with Gasteiger partial charge in [0.15, 0.2) is 0 Å². The van der Waals surface area contributed by atoms with Crippen molar-refractivity contribution in [3.05, 3.63) is 24.3 Å². The van der Waals surface area contributed by atoms with Crippen LogP contribution in [0.4, 0.5) is 5.69 Å². The van der Waals surface area contributed by atoms with Gasteiger partial charge in [-0.2, -0.15) is 4.31 Å². The Hall–Kier alpha value is -1.40. The molecule has 0 saturated carbocycles. The Kier molecular flexibility index (Phi) is 7.84. The highest BCUT2D eigenvalue weighted by Gasteiger charge is 2.27. The van der Waals surface area contributed by atoms with Crippen molar-refractivity contribution in [2.45, 2.75) is 59.8 Å². The molecule has 5 nitrogen and oxygen atoms in total. The van der Waals surface area contributed by atoms with Gasteiger partial charge in [0.05, 0.1) is 4.90 Å². The van der Waals surface area contributed by atoms with Crippen LogP contribution in [0, 0.1) is 17.3 Å². The maximum absolute atomic E-state index is 13.0. The maximum atomic E-state index is 13.0. The second-order valence-electron chi connectivity index (χ2n) is 8.33. The summed E-state index contributed by atoms with van der Waals surface area (Å²) in [5.41, 5.74) is 0.144. The van der Waals surface area contributed by atoms with E-state index in [0.29, 0.717) is 18.8 Å². The number of carbonyl (C=O) groups excluding carboxylic acids is 1. The summed E-state index contributed by atoms with van der Waals surface area (Å²) >= 11 is 0. The summed E-state index contributed by atoms with van der Waals surface area (Å²) in [5, 5.41) is 2.86. The average Bonchev–Trinajstić information content (AvgIpc) is 2.53. The number of nitrogens with one attached hydrogen (secondary N) is 1. The van der Waals surface area contributed by atoms with Crippen LogP contribution in [-0.4, -0.2) is 31.7 Å². The first-order valence-corrected chi connectivity index (χ1v) is 10.8. The second kappa shape index (κ2) is 9.00. The first-order chi connectivity index (χ1) is 11.9. The molecule has 1 amide bonds. The van der Waals surface area contributed by atoms with E-state index in [1.807, 2.05) is 48.5 Å². The number of amides is 1. The highest BCUT2D eigenvalue weighted by Crippen LogP contribution is 2.24. The van der Waals surface area contributed by atoms with Crippen molar-refractivity contribution in [3.63, 3.8) is 0 Å². The van der Waals surface area contributed by atoms with E-state index in [-0.39, 0.29) is 22.6 Å². The molecular weight excluding hydrogens is 348 g/mol. The number of nitrogens with zero attached hydrogens (tertiary/aromatic N) is 1. The van der Waals surface area contributed by atoms with Crippen LogP contribution < -0.4 is 5.32 Å². The van der Waals surface area contributed by atoms with Crippen molar-refractivity contribution in [2.24, 2.45) is 17.3 Å². The fraction of sp³-hybridized carbons (Fsp3) is 0.650. The molecule has 0 bridgehead atoms. The normalized spacial score (nSPS) is 12.8. The zero-order valence-electron chi connectivity index (χ0n) is 17.2. The molecule has 0 aliphatic carbocycles. The van der Waals surface area contributed by atoms with Gasteiger partial charge in [0, 0.05) is 24.2 Å². The predicted octanol–water partition coefficient (Wildman–Crippen LogP) is 4.36. The van der Waals surface area contributed by atoms with Crippen LogP contribution in [0.2, 0.25) is 0 Å². The molecule has 26 heavy (non-hydrogen) atoms. The van der Waals surface area contributed by atoms with Crippen LogP contribution in [0.5, 0.6) is 0 Å². The van der Waals surface area contributed by atoms with E-state index in [1.54, 1.807) is 28.6 Å². The number of sulfonamides is 1. The topological polar surface area (TPSA) is 66.5 Å². The van der Waals surface area contributed by atoms with Gasteiger partial charge >= 0.3 is 0 Å². The molecule has 6 heteroatoms. The van der Waals surface area contributed by atoms with Crippen molar-refractivity contribution in [2.75, 3.05) is 18.4 Å². The molecule has 148 valence electrons. The number of hydrogen-bond acceptors (Lipinski definition) is 3. The van der Waals surface area contributed by atoms with E-state index in [0.717, 1.165) is 6.42 Å². The Morgan fingerprint density at radius 2 is 1.50 bits per heavy atom. The van der Waals surface area contributed by atoms with Crippen LogP contribution in [0.15, 0.2) is 29.2 Å². The van der Waals surface area contributed by atoms with Crippen LogP contribution in [0.25, 0.3) is 0 Å². The van der Waals surface area contributed by atoms with Gasteiger partial charge in [0.25, 0.3) is 0 Å².